The van der Waals surface area contributed by atoms with Crippen LogP contribution < -0.4 is 0 Å². The smallest absolute Gasteiger partial charge is 0.0125 e. The van der Waals surface area contributed by atoms with Gasteiger partial charge in [0, 0.05) is 11.1 Å². The van der Waals surface area contributed by atoms with Gasteiger partial charge in [-0.05, 0) is 87.0 Å². The minimum absolute atomic E-state index is 0.325. The molecule has 1 aliphatic rings. The van der Waals surface area contributed by atoms with Gasteiger partial charge in [-0.3, -0.25) is 9.80 Å². The first-order chi connectivity index (χ1) is 8.21. The van der Waals surface area contributed by atoms with Gasteiger partial charge in [0.2, 0.25) is 0 Å². The van der Waals surface area contributed by atoms with E-state index in [9.17, 15) is 0 Å². The molecule has 1 heterocycles. The van der Waals surface area contributed by atoms with Crippen LogP contribution in [0.4, 0.5) is 0 Å². The Hall–Kier alpha value is -0.0800. The molecule has 108 valence electrons. The molecule has 18 heavy (non-hydrogen) atoms. The van der Waals surface area contributed by atoms with E-state index in [2.05, 4.69) is 51.3 Å². The molecular formula is C16H34N2. The SMILES string of the molecule is CC(C)(C)N1CCCCCN(C(C)(C)C)CCC1. The molecule has 0 spiro atoms. The van der Waals surface area contributed by atoms with Gasteiger partial charge in [0.05, 0.1) is 0 Å². The molecule has 1 rings (SSSR count). The first kappa shape index (κ1) is 16.0. The van der Waals surface area contributed by atoms with E-state index in [0.717, 1.165) is 0 Å². The predicted octanol–water partition coefficient (Wildman–Crippen LogP) is 3.76. The van der Waals surface area contributed by atoms with Crippen molar-refractivity contribution in [2.75, 3.05) is 26.2 Å². The van der Waals surface area contributed by atoms with Crippen molar-refractivity contribution in [3.63, 3.8) is 0 Å². The fourth-order valence-corrected chi connectivity index (χ4v) is 2.80. The summed E-state index contributed by atoms with van der Waals surface area (Å²) in [5, 5.41) is 0. The lowest BCUT2D eigenvalue weighted by Gasteiger charge is -2.40. The summed E-state index contributed by atoms with van der Waals surface area (Å²) < 4.78 is 0. The van der Waals surface area contributed by atoms with E-state index in [1.807, 2.05) is 0 Å². The molecule has 0 saturated carbocycles. The largest absolute Gasteiger partial charge is 0.298 e. The van der Waals surface area contributed by atoms with Gasteiger partial charge >= 0.3 is 0 Å². The van der Waals surface area contributed by atoms with E-state index in [0.29, 0.717) is 11.1 Å². The second-order valence-corrected chi connectivity index (χ2v) is 7.73. The fraction of sp³-hybridized carbons (Fsp3) is 1.00. The lowest BCUT2D eigenvalue weighted by Crippen LogP contribution is -2.47. The average Bonchev–Trinajstić information content (AvgIpc) is 2.22. The van der Waals surface area contributed by atoms with E-state index in [-0.39, 0.29) is 0 Å². The molecule has 1 aliphatic heterocycles. The Labute approximate surface area is 115 Å². The van der Waals surface area contributed by atoms with E-state index in [1.165, 1.54) is 51.9 Å². The normalized spacial score (nSPS) is 23.0. The van der Waals surface area contributed by atoms with Crippen molar-refractivity contribution in [1.82, 2.24) is 9.80 Å². The van der Waals surface area contributed by atoms with Gasteiger partial charge in [-0.15, -0.1) is 0 Å². The molecule has 1 saturated heterocycles. The maximum atomic E-state index is 2.67. The molecule has 2 heteroatoms. The Morgan fingerprint density at radius 1 is 0.500 bits per heavy atom. The lowest BCUT2D eigenvalue weighted by atomic mass is 10.0. The van der Waals surface area contributed by atoms with E-state index in [4.69, 9.17) is 0 Å². The summed E-state index contributed by atoms with van der Waals surface area (Å²) in [5.74, 6) is 0. The molecular weight excluding hydrogens is 220 g/mol. The average molecular weight is 254 g/mol. The van der Waals surface area contributed by atoms with Crippen LogP contribution in [-0.2, 0) is 0 Å². The molecule has 2 nitrogen and oxygen atoms in total. The van der Waals surface area contributed by atoms with E-state index < -0.39 is 0 Å². The van der Waals surface area contributed by atoms with Crippen molar-refractivity contribution in [2.45, 2.75) is 78.3 Å². The first-order valence-corrected chi connectivity index (χ1v) is 7.71. The monoisotopic (exact) mass is 254 g/mol. The van der Waals surface area contributed by atoms with Crippen molar-refractivity contribution in [3.05, 3.63) is 0 Å². The third-order valence-corrected chi connectivity index (χ3v) is 4.11. The zero-order valence-corrected chi connectivity index (χ0v) is 13.6. The van der Waals surface area contributed by atoms with Crippen LogP contribution in [0.2, 0.25) is 0 Å². The Morgan fingerprint density at radius 2 is 0.833 bits per heavy atom. The minimum Gasteiger partial charge on any atom is -0.298 e. The second kappa shape index (κ2) is 6.38. The molecule has 0 atom stereocenters. The predicted molar refractivity (Wildman–Crippen MR) is 81.1 cm³/mol. The van der Waals surface area contributed by atoms with Crippen LogP contribution in [0, 0.1) is 0 Å². The lowest BCUT2D eigenvalue weighted by molar-refractivity contribution is 0.0900. The summed E-state index contributed by atoms with van der Waals surface area (Å²) in [6.45, 7) is 19.1. The van der Waals surface area contributed by atoms with Gasteiger partial charge < -0.3 is 0 Å². The molecule has 0 radical (unpaired) electrons. The molecule has 0 aromatic rings. The van der Waals surface area contributed by atoms with Crippen LogP contribution in [0.25, 0.3) is 0 Å². The van der Waals surface area contributed by atoms with Gasteiger partial charge in [0.25, 0.3) is 0 Å². The zero-order chi connectivity index (χ0) is 13.8. The van der Waals surface area contributed by atoms with Crippen LogP contribution in [0.1, 0.15) is 67.2 Å². The van der Waals surface area contributed by atoms with Crippen LogP contribution >= 0.6 is 0 Å². The van der Waals surface area contributed by atoms with Gasteiger partial charge in [0.15, 0.2) is 0 Å². The van der Waals surface area contributed by atoms with Crippen LogP contribution in [0.15, 0.2) is 0 Å². The van der Waals surface area contributed by atoms with Crippen LogP contribution in [-0.4, -0.2) is 47.1 Å². The van der Waals surface area contributed by atoms with Crippen molar-refractivity contribution in [3.8, 4) is 0 Å². The summed E-state index contributed by atoms with van der Waals surface area (Å²) in [6, 6.07) is 0. The highest BCUT2D eigenvalue weighted by atomic mass is 15.2. The van der Waals surface area contributed by atoms with Crippen LogP contribution in [0.5, 0.6) is 0 Å². The summed E-state index contributed by atoms with van der Waals surface area (Å²) in [6.07, 6.45) is 5.39. The Morgan fingerprint density at radius 3 is 1.17 bits per heavy atom. The number of rotatable bonds is 0. The van der Waals surface area contributed by atoms with Crippen molar-refractivity contribution in [1.29, 1.82) is 0 Å². The Balaban J connectivity index is 2.58. The van der Waals surface area contributed by atoms with Crippen molar-refractivity contribution < 1.29 is 0 Å². The fourth-order valence-electron chi connectivity index (χ4n) is 2.80. The highest BCUT2D eigenvalue weighted by molar-refractivity contribution is 4.80. The third-order valence-electron chi connectivity index (χ3n) is 4.11. The number of hydrogen-bond donors (Lipinski definition) is 0. The molecule has 0 amide bonds. The highest BCUT2D eigenvalue weighted by Gasteiger charge is 2.24. The number of nitrogens with zero attached hydrogens (tertiary/aromatic N) is 2. The van der Waals surface area contributed by atoms with Gasteiger partial charge in [-0.25, -0.2) is 0 Å². The van der Waals surface area contributed by atoms with Gasteiger partial charge in [-0.2, -0.15) is 0 Å². The van der Waals surface area contributed by atoms with Crippen molar-refractivity contribution in [2.24, 2.45) is 0 Å². The summed E-state index contributed by atoms with van der Waals surface area (Å²) >= 11 is 0. The van der Waals surface area contributed by atoms with Crippen LogP contribution in [0.3, 0.4) is 0 Å². The first-order valence-electron chi connectivity index (χ1n) is 7.71. The molecule has 0 aliphatic carbocycles. The Bertz CT molecular complexity index is 210. The van der Waals surface area contributed by atoms with Gasteiger partial charge in [-0.1, -0.05) is 6.42 Å². The minimum atomic E-state index is 0.325. The topological polar surface area (TPSA) is 6.48 Å². The molecule has 0 unspecified atom stereocenters. The van der Waals surface area contributed by atoms with E-state index >= 15 is 0 Å². The van der Waals surface area contributed by atoms with Crippen molar-refractivity contribution >= 4 is 0 Å². The molecule has 0 bridgehead atoms. The maximum Gasteiger partial charge on any atom is 0.0125 e. The standard InChI is InChI=1S/C16H34N2/c1-15(2,3)17-11-8-7-9-12-18(14-10-13-17)16(4,5)6/h7-14H2,1-6H3. The number of hydrogen-bond acceptors (Lipinski definition) is 2. The molecule has 0 aromatic heterocycles. The zero-order valence-electron chi connectivity index (χ0n) is 13.6. The summed E-state index contributed by atoms with van der Waals surface area (Å²) in [4.78, 5) is 5.33. The van der Waals surface area contributed by atoms with E-state index in [1.54, 1.807) is 0 Å². The second-order valence-electron chi connectivity index (χ2n) is 7.73. The van der Waals surface area contributed by atoms with Gasteiger partial charge in [0.1, 0.15) is 0 Å². The Kier molecular flexibility index (Phi) is 5.67. The third kappa shape index (κ3) is 5.27. The molecule has 1 fully saturated rings. The quantitative estimate of drug-likeness (QED) is 0.649. The summed E-state index contributed by atoms with van der Waals surface area (Å²) in [7, 11) is 0. The molecule has 0 aromatic carbocycles. The summed E-state index contributed by atoms with van der Waals surface area (Å²) in [5.41, 5.74) is 0.650. The molecule has 0 N–H and O–H groups in total. The maximum absolute atomic E-state index is 2.67. The highest BCUT2D eigenvalue weighted by Crippen LogP contribution is 2.20.